The molecule has 1 aliphatic heterocycles. The summed E-state index contributed by atoms with van der Waals surface area (Å²) < 4.78 is 63.8. The molecule has 1 aromatic heterocycles. The summed E-state index contributed by atoms with van der Waals surface area (Å²) in [6.07, 6.45) is -0.807. The molecule has 41 heavy (non-hydrogen) atoms. The maximum Gasteiger partial charge on any atom is 0.573 e. The van der Waals surface area contributed by atoms with Crippen LogP contribution in [0.4, 0.5) is 24.8 Å². The molecule has 1 aliphatic carbocycles. The van der Waals surface area contributed by atoms with Crippen molar-refractivity contribution in [2.24, 2.45) is 11.3 Å². The third kappa shape index (κ3) is 7.28. The topological polar surface area (TPSA) is 109 Å². The van der Waals surface area contributed by atoms with Crippen LogP contribution >= 0.6 is 10.6 Å². The minimum absolute atomic E-state index is 0.0935. The number of fused-ring (bicyclic) bond motifs is 1. The largest absolute Gasteiger partial charge is 0.573 e. The van der Waals surface area contributed by atoms with Gasteiger partial charge >= 0.3 is 6.36 Å². The van der Waals surface area contributed by atoms with Crippen molar-refractivity contribution < 1.29 is 31.8 Å². The van der Waals surface area contributed by atoms with Gasteiger partial charge in [0.1, 0.15) is 5.75 Å². The summed E-state index contributed by atoms with van der Waals surface area (Å²) in [5, 5.41) is 6.32. The summed E-state index contributed by atoms with van der Waals surface area (Å²) in [6, 6.07) is 10.9. The maximum absolute atomic E-state index is 13.2. The maximum atomic E-state index is 13.2. The number of alkyl halides is 3. The van der Waals surface area contributed by atoms with Crippen LogP contribution in [0, 0.1) is 11.3 Å². The van der Waals surface area contributed by atoms with E-state index in [1.807, 2.05) is 6.07 Å². The molecule has 4 N–H and O–H groups in total. The second-order valence-corrected chi connectivity index (χ2v) is 14.7. The molecule has 2 atom stereocenters. The summed E-state index contributed by atoms with van der Waals surface area (Å²) in [6.45, 7) is 6.73. The first kappa shape index (κ1) is 29.5. The van der Waals surface area contributed by atoms with Crippen molar-refractivity contribution in [2.45, 2.75) is 71.3 Å². The van der Waals surface area contributed by atoms with E-state index in [0.29, 0.717) is 41.5 Å². The number of nitrogens with one attached hydrogen (secondary N) is 2. The number of carbonyl (C=O) groups is 1. The minimum Gasteiger partial charge on any atom is -0.406 e. The standard InChI is InChI=1S/C29H37F3N4O4S/c1-18-14-22(17-28(2,3)16-18)36-25-15-19(26(37)33-21-10-12-41(38,39)13-11-21)4-9-24(25)35-27(36)34-20-5-7-23(8-6-20)40-29(30,31)32/h4-9,15,18,21-22,38-39H,10-14,16-17H2,1-3H3,(H,33,37)(H,34,35). The molecule has 12 heteroatoms. The number of ether oxygens (including phenoxy) is 1. The average molecular weight is 595 g/mol. The van der Waals surface area contributed by atoms with Crippen LogP contribution in [0.1, 0.15) is 69.3 Å². The molecule has 2 aromatic carbocycles. The van der Waals surface area contributed by atoms with E-state index < -0.39 is 17.0 Å². The predicted octanol–water partition coefficient (Wildman–Crippen LogP) is 7.71. The first-order valence-electron chi connectivity index (χ1n) is 13.9. The molecule has 1 saturated heterocycles. The second kappa shape index (κ2) is 11.0. The van der Waals surface area contributed by atoms with E-state index in [4.69, 9.17) is 4.98 Å². The fourth-order valence-electron chi connectivity index (χ4n) is 6.37. The van der Waals surface area contributed by atoms with Gasteiger partial charge in [0.05, 0.1) is 11.0 Å². The number of aromatic nitrogens is 2. The Labute approximate surface area is 239 Å². The molecule has 2 fully saturated rings. The van der Waals surface area contributed by atoms with Crippen LogP contribution in [0.3, 0.4) is 0 Å². The summed E-state index contributed by atoms with van der Waals surface area (Å²) >= 11 is 0. The van der Waals surface area contributed by atoms with Crippen molar-refractivity contribution in [1.29, 1.82) is 0 Å². The van der Waals surface area contributed by atoms with Crippen molar-refractivity contribution >= 4 is 39.2 Å². The van der Waals surface area contributed by atoms with Gasteiger partial charge in [0.25, 0.3) is 5.91 Å². The van der Waals surface area contributed by atoms with E-state index in [-0.39, 0.29) is 40.7 Å². The van der Waals surface area contributed by atoms with Crippen LogP contribution in [0.15, 0.2) is 42.5 Å². The zero-order valence-corrected chi connectivity index (χ0v) is 24.2. The van der Waals surface area contributed by atoms with Crippen molar-refractivity contribution in [2.75, 3.05) is 16.8 Å². The molecule has 5 rings (SSSR count). The van der Waals surface area contributed by atoms with Crippen molar-refractivity contribution in [3.05, 3.63) is 48.0 Å². The summed E-state index contributed by atoms with van der Waals surface area (Å²) in [4.78, 5) is 18.0. The Hall–Kier alpha value is -2.96. The van der Waals surface area contributed by atoms with Gasteiger partial charge in [-0.3, -0.25) is 13.9 Å². The van der Waals surface area contributed by atoms with Gasteiger partial charge in [0.15, 0.2) is 0 Å². The van der Waals surface area contributed by atoms with Crippen molar-refractivity contribution in [1.82, 2.24) is 14.9 Å². The number of hydrogen-bond acceptors (Lipinski definition) is 6. The number of benzene rings is 2. The molecule has 0 radical (unpaired) electrons. The first-order valence-corrected chi connectivity index (χ1v) is 15.7. The molecule has 0 bridgehead atoms. The zero-order chi connectivity index (χ0) is 29.6. The number of carbonyl (C=O) groups excluding carboxylic acids is 1. The normalized spacial score (nSPS) is 23.6. The number of hydrogen-bond donors (Lipinski definition) is 4. The Kier molecular flexibility index (Phi) is 7.95. The van der Waals surface area contributed by atoms with Gasteiger partial charge in [0, 0.05) is 34.8 Å². The van der Waals surface area contributed by atoms with Gasteiger partial charge in [0.2, 0.25) is 5.95 Å². The number of imidazole rings is 1. The van der Waals surface area contributed by atoms with Crippen molar-refractivity contribution in [3.8, 4) is 5.75 Å². The molecule has 1 saturated carbocycles. The number of nitrogens with zero attached hydrogens (tertiary/aromatic N) is 2. The van der Waals surface area contributed by atoms with Crippen LogP contribution in [-0.4, -0.2) is 48.5 Å². The van der Waals surface area contributed by atoms with Crippen LogP contribution in [0.5, 0.6) is 5.75 Å². The van der Waals surface area contributed by atoms with Gasteiger partial charge in [-0.05, 0) is 85.9 Å². The first-order chi connectivity index (χ1) is 19.2. The van der Waals surface area contributed by atoms with Gasteiger partial charge in [-0.2, -0.15) is 10.6 Å². The number of rotatable bonds is 6. The summed E-state index contributed by atoms with van der Waals surface area (Å²) in [5.41, 5.74) is 2.63. The van der Waals surface area contributed by atoms with E-state index in [1.165, 1.54) is 24.3 Å². The van der Waals surface area contributed by atoms with Gasteiger partial charge in [-0.15, -0.1) is 13.2 Å². The third-order valence-corrected chi connectivity index (χ3v) is 9.73. The lowest BCUT2D eigenvalue weighted by atomic mass is 9.70. The van der Waals surface area contributed by atoms with E-state index >= 15 is 0 Å². The minimum atomic E-state index is -4.77. The fourth-order valence-corrected chi connectivity index (χ4v) is 7.90. The Morgan fingerprint density at radius 1 is 1.10 bits per heavy atom. The van der Waals surface area contributed by atoms with E-state index in [2.05, 4.69) is 40.7 Å². The Bertz CT molecular complexity index is 1400. The monoisotopic (exact) mass is 594 g/mol. The summed E-state index contributed by atoms with van der Waals surface area (Å²) in [5.74, 6) is 1.07. The van der Waals surface area contributed by atoms with Gasteiger partial charge in [-0.1, -0.05) is 20.8 Å². The fraction of sp³-hybridized carbons (Fsp3) is 0.517. The van der Waals surface area contributed by atoms with Crippen LogP contribution in [0.2, 0.25) is 0 Å². The molecule has 224 valence electrons. The molecule has 2 aliphatic rings. The highest BCUT2D eigenvalue weighted by Crippen LogP contribution is 2.46. The molecule has 8 nitrogen and oxygen atoms in total. The molecular formula is C29H37F3N4O4S. The lowest BCUT2D eigenvalue weighted by Gasteiger charge is -2.40. The average Bonchev–Trinajstić information content (AvgIpc) is 3.21. The molecule has 0 spiro atoms. The highest BCUT2D eigenvalue weighted by Gasteiger charge is 2.35. The Balaban J connectivity index is 1.46. The predicted molar refractivity (Wildman–Crippen MR) is 155 cm³/mol. The SMILES string of the molecule is CC1CC(n2c(Nc3ccc(OC(F)(F)F)cc3)nc3ccc(C(=O)NC4CCS(O)(O)CC4)cc32)CC(C)(C)C1. The third-order valence-electron chi connectivity index (χ3n) is 7.95. The van der Waals surface area contributed by atoms with Gasteiger partial charge in [-0.25, -0.2) is 4.98 Å². The molecule has 1 amide bonds. The smallest absolute Gasteiger partial charge is 0.406 e. The van der Waals surface area contributed by atoms with E-state index in [9.17, 15) is 27.1 Å². The van der Waals surface area contributed by atoms with Crippen LogP contribution < -0.4 is 15.4 Å². The number of amides is 1. The molecular weight excluding hydrogens is 557 g/mol. The van der Waals surface area contributed by atoms with E-state index in [0.717, 1.165) is 24.8 Å². The number of halogens is 3. The lowest BCUT2D eigenvalue weighted by Crippen LogP contribution is -2.39. The number of anilines is 2. The molecule has 2 heterocycles. The Morgan fingerprint density at radius 2 is 1.78 bits per heavy atom. The van der Waals surface area contributed by atoms with Crippen LogP contribution in [0.25, 0.3) is 11.0 Å². The highest BCUT2D eigenvalue weighted by molar-refractivity contribution is 8.24. The quantitative estimate of drug-likeness (QED) is 0.233. The highest BCUT2D eigenvalue weighted by atomic mass is 32.3. The Morgan fingerprint density at radius 3 is 2.41 bits per heavy atom. The van der Waals surface area contributed by atoms with Gasteiger partial charge < -0.3 is 19.9 Å². The lowest BCUT2D eigenvalue weighted by molar-refractivity contribution is -0.274. The zero-order valence-electron chi connectivity index (χ0n) is 23.4. The van der Waals surface area contributed by atoms with Crippen molar-refractivity contribution in [3.63, 3.8) is 0 Å². The molecule has 3 aromatic rings. The summed E-state index contributed by atoms with van der Waals surface area (Å²) in [7, 11) is -2.54. The second-order valence-electron chi connectivity index (χ2n) is 12.2. The van der Waals surface area contributed by atoms with Crippen LogP contribution in [-0.2, 0) is 0 Å². The molecule has 2 unspecified atom stereocenters. The van der Waals surface area contributed by atoms with E-state index in [1.54, 1.807) is 12.1 Å².